The first-order chi connectivity index (χ1) is 15.6. The Hall–Kier alpha value is -3.43. The molecular formula is C26H22NO4P. The third-order valence-electron chi connectivity index (χ3n) is 5.67. The molecule has 2 heterocycles. The number of aliphatic imine (C=N–C) groups is 1. The van der Waals surface area contributed by atoms with Crippen molar-refractivity contribution < 1.29 is 18.6 Å². The number of hydrogen-bond donors (Lipinski definition) is 0. The van der Waals surface area contributed by atoms with Gasteiger partial charge in [-0.2, -0.15) is 0 Å². The van der Waals surface area contributed by atoms with E-state index in [1.165, 1.54) is 0 Å². The summed E-state index contributed by atoms with van der Waals surface area (Å²) in [6.45, 7) is 0.231. The van der Waals surface area contributed by atoms with Gasteiger partial charge in [0.1, 0.15) is 11.1 Å². The molecule has 0 amide bonds. The molecule has 1 fully saturated rings. The van der Waals surface area contributed by atoms with E-state index in [1.807, 2.05) is 91.0 Å². The molecule has 6 heteroatoms. The largest absolute Gasteiger partial charge is 0.466 e. The highest BCUT2D eigenvalue weighted by molar-refractivity contribution is 7.78. The molecule has 0 saturated carbocycles. The lowest BCUT2D eigenvalue weighted by molar-refractivity contribution is -0.146. The first-order valence-corrected chi connectivity index (χ1v) is 12.3. The third-order valence-corrected chi connectivity index (χ3v) is 8.47. The number of carbonyl (C=O) groups is 1. The SMILES string of the molecule is O=C1CC([P@@]2(=O)OC(c3ccccc3)=C(c3ccccc3)N=C2c2ccccc2)CCO1. The fourth-order valence-corrected chi connectivity index (χ4v) is 6.68. The maximum Gasteiger partial charge on any atom is 0.306 e. The molecule has 160 valence electrons. The lowest BCUT2D eigenvalue weighted by Gasteiger charge is -2.34. The van der Waals surface area contributed by atoms with Crippen molar-refractivity contribution in [2.45, 2.75) is 18.5 Å². The van der Waals surface area contributed by atoms with E-state index < -0.39 is 13.0 Å². The van der Waals surface area contributed by atoms with Crippen LogP contribution >= 0.6 is 7.37 Å². The van der Waals surface area contributed by atoms with Crippen LogP contribution in [0.4, 0.5) is 0 Å². The topological polar surface area (TPSA) is 65.0 Å². The molecule has 0 spiro atoms. The van der Waals surface area contributed by atoms with Crippen LogP contribution in [0.25, 0.3) is 11.5 Å². The summed E-state index contributed by atoms with van der Waals surface area (Å²) in [5.74, 6) is 0.116. The predicted octanol–water partition coefficient (Wildman–Crippen LogP) is 5.97. The Bertz CT molecular complexity index is 1240. The Labute approximate surface area is 186 Å². The first kappa shape index (κ1) is 20.5. The van der Waals surface area contributed by atoms with Gasteiger partial charge in [-0.05, 0) is 6.42 Å². The Morgan fingerprint density at radius 2 is 1.34 bits per heavy atom. The lowest BCUT2D eigenvalue weighted by Crippen LogP contribution is -2.29. The molecule has 0 aromatic heterocycles. The predicted molar refractivity (Wildman–Crippen MR) is 125 cm³/mol. The maximum atomic E-state index is 14.6. The van der Waals surface area contributed by atoms with E-state index in [2.05, 4.69) is 0 Å². The summed E-state index contributed by atoms with van der Waals surface area (Å²) >= 11 is 0. The zero-order valence-corrected chi connectivity index (χ0v) is 18.3. The van der Waals surface area contributed by atoms with Crippen LogP contribution in [0.3, 0.4) is 0 Å². The Balaban J connectivity index is 1.74. The van der Waals surface area contributed by atoms with Gasteiger partial charge in [0.05, 0.1) is 18.7 Å². The van der Waals surface area contributed by atoms with Gasteiger partial charge in [0.15, 0.2) is 5.76 Å². The normalized spacial score (nSPS) is 23.2. The fraction of sp³-hybridized carbons (Fsp3) is 0.154. The molecule has 1 unspecified atom stereocenters. The minimum Gasteiger partial charge on any atom is -0.466 e. The monoisotopic (exact) mass is 443 g/mol. The van der Waals surface area contributed by atoms with Crippen molar-refractivity contribution in [2.75, 3.05) is 6.61 Å². The van der Waals surface area contributed by atoms with E-state index in [-0.39, 0.29) is 19.0 Å². The standard InChI is InChI=1S/C26H22NO4P/c28-23-18-22(16-17-30-23)32(29)26(21-14-8-3-9-15-21)27-24(19-10-4-1-5-11-19)25(31-32)20-12-6-2-7-13-20/h1-15,22H,16-18H2/t22?,32-/m1/s1. The van der Waals surface area contributed by atoms with Gasteiger partial charge in [0.2, 0.25) is 0 Å². The molecule has 3 aromatic rings. The number of cyclic esters (lactones) is 1. The summed E-state index contributed by atoms with van der Waals surface area (Å²) in [5, 5.41) is 0. The van der Waals surface area contributed by atoms with Crippen LogP contribution in [0.15, 0.2) is 96.0 Å². The zero-order chi connectivity index (χ0) is 22.0. The molecule has 2 atom stereocenters. The maximum absolute atomic E-state index is 14.6. The summed E-state index contributed by atoms with van der Waals surface area (Å²) in [6.07, 6.45) is 0.517. The second kappa shape index (κ2) is 8.60. The van der Waals surface area contributed by atoms with E-state index in [4.69, 9.17) is 14.3 Å². The van der Waals surface area contributed by atoms with E-state index in [0.717, 1.165) is 16.7 Å². The van der Waals surface area contributed by atoms with Crippen LogP contribution in [-0.4, -0.2) is 23.7 Å². The van der Waals surface area contributed by atoms with Crippen LogP contribution < -0.4 is 0 Å². The van der Waals surface area contributed by atoms with Crippen molar-refractivity contribution in [3.8, 4) is 0 Å². The summed E-state index contributed by atoms with van der Waals surface area (Å²) in [7, 11) is -3.55. The highest BCUT2D eigenvalue weighted by Crippen LogP contribution is 2.63. The number of carbonyl (C=O) groups excluding carboxylic acids is 1. The van der Waals surface area contributed by atoms with Gasteiger partial charge >= 0.3 is 5.97 Å². The van der Waals surface area contributed by atoms with Gasteiger partial charge in [-0.25, -0.2) is 4.99 Å². The highest BCUT2D eigenvalue weighted by Gasteiger charge is 2.47. The molecule has 5 rings (SSSR count). The van der Waals surface area contributed by atoms with Crippen molar-refractivity contribution in [3.05, 3.63) is 108 Å². The molecule has 0 aliphatic carbocycles. The first-order valence-electron chi connectivity index (χ1n) is 10.6. The second-order valence-corrected chi connectivity index (χ2v) is 10.3. The Kier molecular flexibility index (Phi) is 5.50. The average molecular weight is 443 g/mol. The summed E-state index contributed by atoms with van der Waals surface area (Å²) < 4.78 is 26.2. The van der Waals surface area contributed by atoms with E-state index in [1.54, 1.807) is 0 Å². The molecule has 32 heavy (non-hydrogen) atoms. The number of ether oxygens (including phenoxy) is 1. The van der Waals surface area contributed by atoms with Crippen molar-refractivity contribution in [1.29, 1.82) is 0 Å². The van der Waals surface area contributed by atoms with E-state index in [0.29, 0.717) is 23.3 Å². The molecule has 2 aliphatic heterocycles. The number of benzene rings is 3. The van der Waals surface area contributed by atoms with Crippen molar-refractivity contribution in [1.82, 2.24) is 0 Å². The van der Waals surface area contributed by atoms with Crippen molar-refractivity contribution >= 4 is 30.2 Å². The lowest BCUT2D eigenvalue weighted by atomic mass is 10.1. The fourth-order valence-electron chi connectivity index (χ4n) is 4.05. The molecule has 5 nitrogen and oxygen atoms in total. The summed E-state index contributed by atoms with van der Waals surface area (Å²) in [5.41, 5.74) is 2.93. The van der Waals surface area contributed by atoms with Gasteiger partial charge < -0.3 is 9.26 Å². The molecule has 1 saturated heterocycles. The Morgan fingerprint density at radius 3 is 1.94 bits per heavy atom. The minimum atomic E-state index is -3.55. The van der Waals surface area contributed by atoms with Crippen LogP contribution in [0.2, 0.25) is 0 Å². The molecule has 3 aromatic carbocycles. The van der Waals surface area contributed by atoms with Gasteiger partial charge in [-0.15, -0.1) is 0 Å². The Morgan fingerprint density at radius 1 is 0.781 bits per heavy atom. The number of rotatable bonds is 4. The van der Waals surface area contributed by atoms with Gasteiger partial charge in [0.25, 0.3) is 7.37 Å². The van der Waals surface area contributed by atoms with Crippen LogP contribution in [0, 0.1) is 0 Å². The molecule has 2 aliphatic rings. The highest BCUT2D eigenvalue weighted by atomic mass is 31.2. The quantitative estimate of drug-likeness (QED) is 0.368. The molecule has 0 radical (unpaired) electrons. The number of nitrogens with zero attached hydrogens (tertiary/aromatic N) is 1. The minimum absolute atomic E-state index is 0.0475. The molecular weight excluding hydrogens is 421 g/mol. The van der Waals surface area contributed by atoms with Gasteiger partial charge in [-0.3, -0.25) is 9.36 Å². The van der Waals surface area contributed by atoms with Crippen molar-refractivity contribution in [3.63, 3.8) is 0 Å². The second-order valence-electron chi connectivity index (χ2n) is 7.77. The number of esters is 1. The van der Waals surface area contributed by atoms with Crippen LogP contribution in [-0.2, 0) is 18.6 Å². The van der Waals surface area contributed by atoms with E-state index >= 15 is 0 Å². The third kappa shape index (κ3) is 3.80. The van der Waals surface area contributed by atoms with Gasteiger partial charge in [-0.1, -0.05) is 91.0 Å². The van der Waals surface area contributed by atoms with Crippen molar-refractivity contribution in [2.24, 2.45) is 4.99 Å². The smallest absolute Gasteiger partial charge is 0.306 e. The van der Waals surface area contributed by atoms with Crippen LogP contribution in [0.1, 0.15) is 29.5 Å². The van der Waals surface area contributed by atoms with Crippen LogP contribution in [0.5, 0.6) is 0 Å². The summed E-state index contributed by atoms with van der Waals surface area (Å²) in [4.78, 5) is 17.1. The summed E-state index contributed by atoms with van der Waals surface area (Å²) in [6, 6.07) is 28.7. The molecule has 0 bridgehead atoms. The van der Waals surface area contributed by atoms with E-state index in [9.17, 15) is 9.36 Å². The average Bonchev–Trinajstić information content (AvgIpc) is 2.85. The zero-order valence-electron chi connectivity index (χ0n) is 17.4. The molecule has 0 N–H and O–H groups in total. The number of hydrogen-bond acceptors (Lipinski definition) is 5. The van der Waals surface area contributed by atoms with Gasteiger partial charge in [0, 0.05) is 16.7 Å².